The Balaban J connectivity index is 2.31. The zero-order chi connectivity index (χ0) is 14.7. The van der Waals surface area contributed by atoms with E-state index in [1.54, 1.807) is 19.1 Å². The number of aryl methyl sites for hydroxylation is 1. The summed E-state index contributed by atoms with van der Waals surface area (Å²) in [6.45, 7) is 1.78. The van der Waals surface area contributed by atoms with Gasteiger partial charge in [-0.05, 0) is 31.2 Å². The van der Waals surface area contributed by atoms with E-state index in [0.717, 1.165) is 0 Å². The number of nitro groups is 1. The summed E-state index contributed by atoms with van der Waals surface area (Å²) < 4.78 is 5.53. The SMILES string of the molecule is Cc1ccc(C(=N)N)c(Oc2ccc([N+](=O)[O-])cc2)n1. The number of non-ortho nitro benzene ring substituents is 1. The van der Waals surface area contributed by atoms with E-state index in [9.17, 15) is 10.1 Å². The van der Waals surface area contributed by atoms with E-state index in [4.69, 9.17) is 15.9 Å². The summed E-state index contributed by atoms with van der Waals surface area (Å²) in [5.41, 5.74) is 6.51. The van der Waals surface area contributed by atoms with E-state index in [2.05, 4.69) is 4.98 Å². The van der Waals surface area contributed by atoms with Crippen LogP contribution < -0.4 is 10.5 Å². The lowest BCUT2D eigenvalue weighted by atomic mass is 10.2. The van der Waals surface area contributed by atoms with Crippen LogP contribution >= 0.6 is 0 Å². The van der Waals surface area contributed by atoms with Gasteiger partial charge in [0.15, 0.2) is 0 Å². The zero-order valence-corrected chi connectivity index (χ0v) is 10.7. The van der Waals surface area contributed by atoms with Gasteiger partial charge in [-0.3, -0.25) is 15.5 Å². The fraction of sp³-hybridized carbons (Fsp3) is 0.0769. The van der Waals surface area contributed by atoms with Crippen molar-refractivity contribution in [1.82, 2.24) is 4.98 Å². The highest BCUT2D eigenvalue weighted by Gasteiger charge is 2.11. The number of ether oxygens (including phenoxy) is 1. The number of nitrogen functional groups attached to an aromatic ring is 1. The van der Waals surface area contributed by atoms with Crippen molar-refractivity contribution >= 4 is 11.5 Å². The normalized spacial score (nSPS) is 10.1. The first kappa shape index (κ1) is 13.5. The smallest absolute Gasteiger partial charge is 0.269 e. The van der Waals surface area contributed by atoms with Crippen LogP contribution in [0.4, 0.5) is 5.69 Å². The van der Waals surface area contributed by atoms with Gasteiger partial charge in [-0.15, -0.1) is 0 Å². The molecule has 2 aromatic rings. The summed E-state index contributed by atoms with van der Waals surface area (Å²) in [5, 5.41) is 18.0. The van der Waals surface area contributed by atoms with Gasteiger partial charge >= 0.3 is 0 Å². The fourth-order valence-corrected chi connectivity index (χ4v) is 1.56. The Bertz CT molecular complexity index is 668. The Morgan fingerprint density at radius 3 is 2.50 bits per heavy atom. The topological polar surface area (TPSA) is 115 Å². The molecule has 0 aliphatic rings. The molecule has 0 aliphatic heterocycles. The number of benzene rings is 1. The highest BCUT2D eigenvalue weighted by molar-refractivity contribution is 5.97. The molecule has 1 heterocycles. The van der Waals surface area contributed by atoms with Crippen molar-refractivity contribution in [2.45, 2.75) is 6.92 Å². The van der Waals surface area contributed by atoms with Crippen molar-refractivity contribution in [2.24, 2.45) is 5.73 Å². The minimum Gasteiger partial charge on any atom is -0.438 e. The third-order valence-electron chi connectivity index (χ3n) is 2.55. The Labute approximate surface area is 114 Å². The second kappa shape index (κ2) is 5.35. The summed E-state index contributed by atoms with van der Waals surface area (Å²) in [6, 6.07) is 8.96. The number of nitrogens with one attached hydrogen (secondary N) is 1. The van der Waals surface area contributed by atoms with Gasteiger partial charge in [0, 0.05) is 17.8 Å². The number of nitrogens with zero attached hydrogens (tertiary/aromatic N) is 2. The number of amidine groups is 1. The lowest BCUT2D eigenvalue weighted by Gasteiger charge is -2.09. The van der Waals surface area contributed by atoms with E-state index in [-0.39, 0.29) is 17.4 Å². The van der Waals surface area contributed by atoms with Gasteiger partial charge in [-0.1, -0.05) is 0 Å². The van der Waals surface area contributed by atoms with Crippen molar-refractivity contribution in [1.29, 1.82) is 5.41 Å². The van der Waals surface area contributed by atoms with E-state index >= 15 is 0 Å². The predicted molar refractivity (Wildman–Crippen MR) is 73.2 cm³/mol. The van der Waals surface area contributed by atoms with Gasteiger partial charge < -0.3 is 10.5 Å². The van der Waals surface area contributed by atoms with Crippen LogP contribution in [0.3, 0.4) is 0 Å². The summed E-state index contributed by atoms with van der Waals surface area (Å²) in [7, 11) is 0. The summed E-state index contributed by atoms with van der Waals surface area (Å²) in [4.78, 5) is 14.2. The van der Waals surface area contributed by atoms with Gasteiger partial charge in [0.2, 0.25) is 5.88 Å². The van der Waals surface area contributed by atoms with Gasteiger partial charge in [0.1, 0.15) is 11.6 Å². The van der Waals surface area contributed by atoms with Crippen molar-refractivity contribution in [2.75, 3.05) is 0 Å². The number of hydrogen-bond donors (Lipinski definition) is 2. The van der Waals surface area contributed by atoms with Crippen LogP contribution in [-0.4, -0.2) is 15.7 Å². The minimum atomic E-state index is -0.490. The molecule has 0 saturated carbocycles. The summed E-state index contributed by atoms with van der Waals surface area (Å²) >= 11 is 0. The molecule has 1 aromatic heterocycles. The molecule has 7 heteroatoms. The predicted octanol–water partition coefficient (Wildman–Crippen LogP) is 2.37. The second-order valence-electron chi connectivity index (χ2n) is 4.07. The van der Waals surface area contributed by atoms with Gasteiger partial charge in [-0.25, -0.2) is 4.98 Å². The number of rotatable bonds is 4. The molecule has 0 saturated heterocycles. The molecule has 0 bridgehead atoms. The second-order valence-corrected chi connectivity index (χ2v) is 4.07. The molecule has 0 spiro atoms. The first-order chi connectivity index (χ1) is 9.47. The summed E-state index contributed by atoms with van der Waals surface area (Å²) in [5.74, 6) is 0.428. The van der Waals surface area contributed by atoms with E-state index in [1.807, 2.05) is 0 Å². The Morgan fingerprint density at radius 2 is 1.95 bits per heavy atom. The van der Waals surface area contributed by atoms with Crippen molar-refractivity contribution in [3.63, 3.8) is 0 Å². The molecule has 1 aromatic carbocycles. The van der Waals surface area contributed by atoms with Gasteiger partial charge in [0.05, 0.1) is 10.5 Å². The molecule has 0 amide bonds. The van der Waals surface area contributed by atoms with Crippen LogP contribution in [0.1, 0.15) is 11.3 Å². The molecular weight excluding hydrogens is 260 g/mol. The first-order valence-electron chi connectivity index (χ1n) is 5.71. The Morgan fingerprint density at radius 1 is 1.30 bits per heavy atom. The maximum absolute atomic E-state index is 10.6. The largest absolute Gasteiger partial charge is 0.438 e. The van der Waals surface area contributed by atoms with Crippen LogP contribution in [0.15, 0.2) is 36.4 Å². The quantitative estimate of drug-likeness (QED) is 0.383. The standard InChI is InChI=1S/C13H12N4O3/c1-8-2-7-11(12(14)15)13(16-8)20-10-5-3-9(4-6-10)17(18)19/h2-7H,1H3,(H3,14,15). The Kier molecular flexibility index (Phi) is 3.60. The van der Waals surface area contributed by atoms with E-state index in [0.29, 0.717) is 17.0 Å². The monoisotopic (exact) mass is 272 g/mol. The number of nitrogens with two attached hydrogens (primary N) is 1. The van der Waals surface area contributed by atoms with Crippen LogP contribution in [0.25, 0.3) is 0 Å². The van der Waals surface area contributed by atoms with Crippen LogP contribution in [-0.2, 0) is 0 Å². The molecule has 0 unspecified atom stereocenters. The Hall–Kier alpha value is -2.96. The maximum atomic E-state index is 10.6. The number of hydrogen-bond acceptors (Lipinski definition) is 5. The molecule has 0 radical (unpaired) electrons. The highest BCUT2D eigenvalue weighted by Crippen LogP contribution is 2.25. The molecule has 7 nitrogen and oxygen atoms in total. The molecular formula is C13H12N4O3. The molecule has 0 aliphatic carbocycles. The van der Waals surface area contributed by atoms with Crippen molar-refractivity contribution in [3.8, 4) is 11.6 Å². The number of aromatic nitrogens is 1. The first-order valence-corrected chi connectivity index (χ1v) is 5.71. The van der Waals surface area contributed by atoms with Gasteiger partial charge in [-0.2, -0.15) is 0 Å². The average molecular weight is 272 g/mol. The molecule has 3 N–H and O–H groups in total. The highest BCUT2D eigenvalue weighted by atomic mass is 16.6. The third-order valence-corrected chi connectivity index (χ3v) is 2.55. The zero-order valence-electron chi connectivity index (χ0n) is 10.7. The molecule has 0 fully saturated rings. The van der Waals surface area contributed by atoms with Crippen molar-refractivity contribution < 1.29 is 9.66 Å². The van der Waals surface area contributed by atoms with Crippen molar-refractivity contribution in [3.05, 3.63) is 57.8 Å². The van der Waals surface area contributed by atoms with Crippen LogP contribution in [0.2, 0.25) is 0 Å². The third kappa shape index (κ3) is 2.89. The lowest BCUT2D eigenvalue weighted by molar-refractivity contribution is -0.384. The van der Waals surface area contributed by atoms with Crippen LogP contribution in [0.5, 0.6) is 11.6 Å². The van der Waals surface area contributed by atoms with Crippen LogP contribution in [0, 0.1) is 22.4 Å². The molecule has 102 valence electrons. The minimum absolute atomic E-state index is 0.0265. The fourth-order valence-electron chi connectivity index (χ4n) is 1.56. The number of nitro benzene ring substituents is 1. The average Bonchev–Trinajstić information content (AvgIpc) is 2.39. The molecule has 20 heavy (non-hydrogen) atoms. The molecule has 0 atom stereocenters. The lowest BCUT2D eigenvalue weighted by Crippen LogP contribution is -2.13. The van der Waals surface area contributed by atoms with E-state index < -0.39 is 4.92 Å². The molecule has 2 rings (SSSR count). The number of pyridine rings is 1. The summed E-state index contributed by atoms with van der Waals surface area (Å²) in [6.07, 6.45) is 0. The van der Waals surface area contributed by atoms with Gasteiger partial charge in [0.25, 0.3) is 5.69 Å². The van der Waals surface area contributed by atoms with E-state index in [1.165, 1.54) is 24.3 Å². The maximum Gasteiger partial charge on any atom is 0.269 e.